The molecular formula is C16H23NO3. The standard InChI is InChI=1S/C16H23NO3/c1-5-13-8-6-7-9-14(13)17(15(18)11(2)3)10-12(4)16(19)20/h6-9,11-12H,5,10H2,1-4H3,(H,19,20). The third kappa shape index (κ3) is 3.83. The van der Waals surface area contributed by atoms with Crippen molar-refractivity contribution in [1.82, 2.24) is 0 Å². The molecule has 0 aliphatic carbocycles. The molecule has 0 heterocycles. The minimum atomic E-state index is -0.888. The summed E-state index contributed by atoms with van der Waals surface area (Å²) in [7, 11) is 0. The van der Waals surface area contributed by atoms with E-state index in [2.05, 4.69) is 0 Å². The topological polar surface area (TPSA) is 57.6 Å². The number of nitrogens with zero attached hydrogens (tertiary/aromatic N) is 1. The number of benzene rings is 1. The van der Waals surface area contributed by atoms with E-state index in [1.165, 1.54) is 0 Å². The fraction of sp³-hybridized carbons (Fsp3) is 0.500. The molecule has 0 saturated heterocycles. The molecule has 110 valence electrons. The van der Waals surface area contributed by atoms with Crippen LogP contribution in [0.15, 0.2) is 24.3 Å². The minimum absolute atomic E-state index is 0.0426. The van der Waals surface area contributed by atoms with Crippen LogP contribution in [0.3, 0.4) is 0 Å². The van der Waals surface area contributed by atoms with Gasteiger partial charge < -0.3 is 10.0 Å². The third-order valence-electron chi connectivity index (χ3n) is 3.30. The maximum absolute atomic E-state index is 12.4. The number of para-hydroxylation sites is 1. The van der Waals surface area contributed by atoms with Crippen molar-refractivity contribution in [1.29, 1.82) is 0 Å². The maximum Gasteiger partial charge on any atom is 0.308 e. The molecule has 0 aliphatic heterocycles. The van der Waals surface area contributed by atoms with Crippen molar-refractivity contribution in [2.24, 2.45) is 11.8 Å². The highest BCUT2D eigenvalue weighted by molar-refractivity contribution is 5.96. The molecule has 0 saturated carbocycles. The zero-order valence-electron chi connectivity index (χ0n) is 12.6. The van der Waals surface area contributed by atoms with Crippen LogP contribution in [0.1, 0.15) is 33.3 Å². The Kier molecular flexibility index (Phi) is 5.74. The number of carboxylic acid groups (broad SMARTS) is 1. The number of rotatable bonds is 6. The second-order valence-corrected chi connectivity index (χ2v) is 5.33. The SMILES string of the molecule is CCc1ccccc1N(CC(C)C(=O)O)C(=O)C(C)C. The van der Waals surface area contributed by atoms with Crippen LogP contribution >= 0.6 is 0 Å². The van der Waals surface area contributed by atoms with Gasteiger partial charge in [-0.15, -0.1) is 0 Å². The summed E-state index contributed by atoms with van der Waals surface area (Å²) in [6.07, 6.45) is 0.805. The average molecular weight is 277 g/mol. The Morgan fingerprint density at radius 1 is 1.20 bits per heavy atom. The molecule has 1 aromatic carbocycles. The van der Waals surface area contributed by atoms with E-state index >= 15 is 0 Å². The van der Waals surface area contributed by atoms with Crippen molar-refractivity contribution in [2.75, 3.05) is 11.4 Å². The van der Waals surface area contributed by atoms with Crippen LogP contribution in [0, 0.1) is 11.8 Å². The maximum atomic E-state index is 12.4. The molecule has 1 amide bonds. The first kappa shape index (κ1) is 16.2. The number of carbonyl (C=O) groups excluding carboxylic acids is 1. The van der Waals surface area contributed by atoms with E-state index in [-0.39, 0.29) is 18.4 Å². The summed E-state index contributed by atoms with van der Waals surface area (Å²) in [4.78, 5) is 25.1. The molecule has 0 fully saturated rings. The molecule has 0 aromatic heterocycles. The van der Waals surface area contributed by atoms with Gasteiger partial charge in [0.25, 0.3) is 0 Å². The molecule has 0 radical (unpaired) electrons. The number of anilines is 1. The number of aryl methyl sites for hydroxylation is 1. The van der Waals surface area contributed by atoms with E-state index in [1.807, 2.05) is 45.0 Å². The van der Waals surface area contributed by atoms with Crippen molar-refractivity contribution in [3.8, 4) is 0 Å². The molecule has 1 aromatic rings. The summed E-state index contributed by atoms with van der Waals surface area (Å²) >= 11 is 0. The quantitative estimate of drug-likeness (QED) is 0.869. The fourth-order valence-corrected chi connectivity index (χ4v) is 2.04. The van der Waals surface area contributed by atoms with Gasteiger partial charge in [0.15, 0.2) is 0 Å². The van der Waals surface area contributed by atoms with Gasteiger partial charge in [-0.25, -0.2) is 0 Å². The number of carboxylic acids is 1. The fourth-order valence-electron chi connectivity index (χ4n) is 2.04. The first-order valence-corrected chi connectivity index (χ1v) is 7.00. The van der Waals surface area contributed by atoms with Gasteiger partial charge in [0, 0.05) is 18.2 Å². The van der Waals surface area contributed by atoms with Gasteiger partial charge in [0.05, 0.1) is 5.92 Å². The van der Waals surface area contributed by atoms with E-state index in [1.54, 1.807) is 11.8 Å². The Hall–Kier alpha value is -1.84. The van der Waals surface area contributed by atoms with Gasteiger partial charge in [-0.05, 0) is 18.1 Å². The largest absolute Gasteiger partial charge is 0.481 e. The Balaban J connectivity index is 3.16. The number of amides is 1. The summed E-state index contributed by atoms with van der Waals surface area (Å²) in [5, 5.41) is 9.09. The molecule has 1 N–H and O–H groups in total. The Morgan fingerprint density at radius 2 is 1.80 bits per heavy atom. The zero-order chi connectivity index (χ0) is 15.3. The molecule has 1 atom stereocenters. The summed E-state index contributed by atoms with van der Waals surface area (Å²) in [5.41, 5.74) is 1.88. The second-order valence-electron chi connectivity index (χ2n) is 5.33. The zero-order valence-corrected chi connectivity index (χ0v) is 12.6. The van der Waals surface area contributed by atoms with Gasteiger partial charge in [0.1, 0.15) is 0 Å². The average Bonchev–Trinajstić information content (AvgIpc) is 2.43. The molecule has 0 spiro atoms. The number of aliphatic carboxylic acids is 1. The minimum Gasteiger partial charge on any atom is -0.481 e. The molecular weight excluding hydrogens is 254 g/mol. The van der Waals surface area contributed by atoms with Gasteiger partial charge in [-0.2, -0.15) is 0 Å². The van der Waals surface area contributed by atoms with Crippen LogP contribution in [-0.2, 0) is 16.0 Å². The third-order valence-corrected chi connectivity index (χ3v) is 3.30. The van der Waals surface area contributed by atoms with Crippen LogP contribution in [0.4, 0.5) is 5.69 Å². The van der Waals surface area contributed by atoms with Gasteiger partial charge in [-0.1, -0.05) is 45.9 Å². The predicted octanol–water partition coefficient (Wildman–Crippen LogP) is 2.96. The highest BCUT2D eigenvalue weighted by Crippen LogP contribution is 2.24. The summed E-state index contributed by atoms with van der Waals surface area (Å²) < 4.78 is 0. The van der Waals surface area contributed by atoms with Crippen LogP contribution in [0.2, 0.25) is 0 Å². The molecule has 4 heteroatoms. The molecule has 1 unspecified atom stereocenters. The van der Waals surface area contributed by atoms with E-state index in [0.717, 1.165) is 17.7 Å². The van der Waals surface area contributed by atoms with Crippen LogP contribution in [0.5, 0.6) is 0 Å². The smallest absolute Gasteiger partial charge is 0.308 e. The van der Waals surface area contributed by atoms with E-state index in [0.29, 0.717) is 0 Å². The summed E-state index contributed by atoms with van der Waals surface area (Å²) in [5.74, 6) is -1.69. The lowest BCUT2D eigenvalue weighted by Crippen LogP contribution is -2.39. The molecule has 0 aliphatic rings. The number of carbonyl (C=O) groups is 2. The van der Waals surface area contributed by atoms with E-state index in [9.17, 15) is 9.59 Å². The number of hydrogen-bond acceptors (Lipinski definition) is 2. The lowest BCUT2D eigenvalue weighted by molar-refractivity contribution is -0.140. The van der Waals surface area contributed by atoms with Crippen molar-refractivity contribution < 1.29 is 14.7 Å². The highest BCUT2D eigenvalue weighted by Gasteiger charge is 2.25. The van der Waals surface area contributed by atoms with Crippen molar-refractivity contribution in [3.05, 3.63) is 29.8 Å². The lowest BCUT2D eigenvalue weighted by atomic mass is 10.0. The monoisotopic (exact) mass is 277 g/mol. The lowest BCUT2D eigenvalue weighted by Gasteiger charge is -2.28. The number of hydrogen-bond donors (Lipinski definition) is 1. The van der Waals surface area contributed by atoms with Crippen LogP contribution < -0.4 is 4.90 Å². The van der Waals surface area contributed by atoms with Crippen molar-refractivity contribution in [3.63, 3.8) is 0 Å². The van der Waals surface area contributed by atoms with E-state index < -0.39 is 11.9 Å². The van der Waals surface area contributed by atoms with E-state index in [4.69, 9.17) is 5.11 Å². The second kappa shape index (κ2) is 7.08. The molecule has 1 rings (SSSR count). The highest BCUT2D eigenvalue weighted by atomic mass is 16.4. The Morgan fingerprint density at radius 3 is 2.30 bits per heavy atom. The molecule has 20 heavy (non-hydrogen) atoms. The predicted molar refractivity (Wildman–Crippen MR) is 79.8 cm³/mol. The van der Waals surface area contributed by atoms with Crippen LogP contribution in [0.25, 0.3) is 0 Å². The first-order valence-electron chi connectivity index (χ1n) is 7.00. The van der Waals surface area contributed by atoms with Gasteiger partial charge in [0.2, 0.25) is 5.91 Å². The summed E-state index contributed by atoms with van der Waals surface area (Å²) in [6, 6.07) is 7.66. The molecule has 4 nitrogen and oxygen atoms in total. The first-order chi connectivity index (χ1) is 9.38. The van der Waals surface area contributed by atoms with Crippen molar-refractivity contribution in [2.45, 2.75) is 34.1 Å². The van der Waals surface area contributed by atoms with Crippen molar-refractivity contribution >= 4 is 17.6 Å². The Labute approximate surface area is 120 Å². The van der Waals surface area contributed by atoms with Crippen LogP contribution in [-0.4, -0.2) is 23.5 Å². The van der Waals surface area contributed by atoms with Gasteiger partial charge >= 0.3 is 5.97 Å². The van der Waals surface area contributed by atoms with Gasteiger partial charge in [-0.3, -0.25) is 9.59 Å². The molecule has 0 bridgehead atoms. The summed E-state index contributed by atoms with van der Waals surface area (Å²) in [6.45, 7) is 7.50. The normalized spacial score (nSPS) is 12.2. The Bertz CT molecular complexity index is 482.